The number of nitrogens with zero attached hydrogens (tertiary/aromatic N) is 1. The van der Waals surface area contributed by atoms with Gasteiger partial charge >= 0.3 is 6.09 Å². The Labute approximate surface area is 140 Å². The van der Waals surface area contributed by atoms with Gasteiger partial charge in [0, 0.05) is 13.0 Å². The molecule has 2 aliphatic heterocycles. The highest BCUT2D eigenvalue weighted by Crippen LogP contribution is 2.37. The van der Waals surface area contributed by atoms with Crippen molar-refractivity contribution in [1.82, 2.24) is 10.2 Å². The van der Waals surface area contributed by atoms with Crippen molar-refractivity contribution >= 4 is 12.0 Å². The van der Waals surface area contributed by atoms with Gasteiger partial charge in [-0.2, -0.15) is 0 Å². The van der Waals surface area contributed by atoms with Crippen LogP contribution in [0.5, 0.6) is 11.5 Å². The first-order chi connectivity index (χ1) is 11.7. The fraction of sp³-hybridized carbons (Fsp3) is 0.529. The van der Waals surface area contributed by atoms with E-state index in [4.69, 9.17) is 9.47 Å². The quantitative estimate of drug-likeness (QED) is 0.913. The fourth-order valence-electron chi connectivity index (χ4n) is 3.12. The summed E-state index contributed by atoms with van der Waals surface area (Å²) in [5.41, 5.74) is 1.03. The van der Waals surface area contributed by atoms with E-state index in [-0.39, 0.29) is 18.5 Å². The fourth-order valence-corrected chi connectivity index (χ4v) is 3.12. The van der Waals surface area contributed by atoms with Crippen molar-refractivity contribution in [2.45, 2.75) is 25.3 Å². The molecule has 0 aliphatic carbocycles. The molecule has 2 heterocycles. The zero-order valence-corrected chi connectivity index (χ0v) is 13.7. The molecule has 1 aromatic carbocycles. The predicted octanol–water partition coefficient (Wildman–Crippen LogP) is 1.87. The summed E-state index contributed by atoms with van der Waals surface area (Å²) in [5, 5.41) is 2.44. The largest absolute Gasteiger partial charge is 0.490 e. The van der Waals surface area contributed by atoms with E-state index < -0.39 is 6.09 Å². The number of likely N-dealkylation sites (tertiary alicyclic amines) is 1. The Kier molecular flexibility index (Phi) is 5.08. The van der Waals surface area contributed by atoms with E-state index in [1.54, 1.807) is 4.90 Å². The number of ether oxygens (including phenoxy) is 3. The van der Waals surface area contributed by atoms with Gasteiger partial charge < -0.3 is 24.4 Å². The Morgan fingerprint density at radius 2 is 2.04 bits per heavy atom. The van der Waals surface area contributed by atoms with Crippen LogP contribution in [0.25, 0.3) is 0 Å². The number of methoxy groups -OCH3 is 1. The molecule has 0 radical (unpaired) electrons. The summed E-state index contributed by atoms with van der Waals surface area (Å²) in [7, 11) is 1.27. The van der Waals surface area contributed by atoms with Crippen LogP contribution in [0.2, 0.25) is 0 Å². The first kappa shape index (κ1) is 16.4. The first-order valence-corrected chi connectivity index (χ1v) is 8.20. The minimum Gasteiger partial charge on any atom is -0.490 e. The molecule has 1 atom stereocenters. The SMILES string of the molecule is COC(=O)NCC(=O)N1CCC[C@@H]1c1ccc2c(c1)OCCCO2. The Morgan fingerprint density at radius 1 is 1.25 bits per heavy atom. The highest BCUT2D eigenvalue weighted by atomic mass is 16.5. The average molecular weight is 334 g/mol. The van der Waals surface area contributed by atoms with Gasteiger partial charge in [0.2, 0.25) is 5.91 Å². The molecular weight excluding hydrogens is 312 g/mol. The van der Waals surface area contributed by atoms with E-state index in [0.29, 0.717) is 19.8 Å². The van der Waals surface area contributed by atoms with Gasteiger partial charge in [0.25, 0.3) is 0 Å². The lowest BCUT2D eigenvalue weighted by atomic mass is 10.0. The van der Waals surface area contributed by atoms with Crippen LogP contribution in [-0.2, 0) is 9.53 Å². The molecule has 130 valence electrons. The van der Waals surface area contributed by atoms with Crippen LogP contribution in [0.3, 0.4) is 0 Å². The Hall–Kier alpha value is -2.44. The zero-order chi connectivity index (χ0) is 16.9. The lowest BCUT2D eigenvalue weighted by molar-refractivity contribution is -0.131. The van der Waals surface area contributed by atoms with E-state index in [2.05, 4.69) is 10.1 Å². The van der Waals surface area contributed by atoms with Crippen molar-refractivity contribution in [3.63, 3.8) is 0 Å². The van der Waals surface area contributed by atoms with Crippen molar-refractivity contribution in [2.24, 2.45) is 0 Å². The van der Waals surface area contributed by atoms with E-state index in [0.717, 1.165) is 36.3 Å². The second kappa shape index (κ2) is 7.42. The minimum absolute atomic E-state index is 0.00546. The second-order valence-electron chi connectivity index (χ2n) is 5.85. The second-order valence-corrected chi connectivity index (χ2v) is 5.85. The molecule has 7 heteroatoms. The number of alkyl carbamates (subject to hydrolysis) is 1. The molecule has 3 rings (SSSR count). The molecule has 2 aliphatic rings. The van der Waals surface area contributed by atoms with E-state index >= 15 is 0 Å². The lowest BCUT2D eigenvalue weighted by Crippen LogP contribution is -2.39. The van der Waals surface area contributed by atoms with E-state index in [9.17, 15) is 9.59 Å². The Bertz CT molecular complexity index is 619. The zero-order valence-electron chi connectivity index (χ0n) is 13.7. The number of fused-ring (bicyclic) bond motifs is 1. The number of nitrogens with one attached hydrogen (secondary N) is 1. The lowest BCUT2D eigenvalue weighted by Gasteiger charge is -2.25. The molecule has 2 amide bonds. The normalized spacial score (nSPS) is 19.5. The van der Waals surface area contributed by atoms with Crippen LogP contribution in [0.15, 0.2) is 18.2 Å². The number of hydrogen-bond donors (Lipinski definition) is 1. The molecule has 0 unspecified atom stereocenters. The molecule has 0 aromatic heterocycles. The Balaban J connectivity index is 1.72. The number of carbonyl (C=O) groups is 2. The molecule has 1 saturated heterocycles. The van der Waals surface area contributed by atoms with Gasteiger partial charge in [0.05, 0.1) is 26.4 Å². The third kappa shape index (κ3) is 3.55. The summed E-state index contributed by atoms with van der Waals surface area (Å²) >= 11 is 0. The van der Waals surface area contributed by atoms with Gasteiger partial charge in [-0.3, -0.25) is 4.79 Å². The third-order valence-electron chi connectivity index (χ3n) is 4.30. The number of hydrogen-bond acceptors (Lipinski definition) is 5. The summed E-state index contributed by atoms with van der Waals surface area (Å²) in [6.45, 7) is 1.90. The van der Waals surface area contributed by atoms with Gasteiger partial charge in [-0.15, -0.1) is 0 Å². The van der Waals surface area contributed by atoms with Gasteiger partial charge in [0.15, 0.2) is 11.5 Å². The summed E-state index contributed by atoms with van der Waals surface area (Å²) in [5.74, 6) is 1.37. The highest BCUT2D eigenvalue weighted by molar-refractivity contribution is 5.82. The predicted molar refractivity (Wildman–Crippen MR) is 86.1 cm³/mol. The van der Waals surface area contributed by atoms with Crippen LogP contribution in [0.1, 0.15) is 30.9 Å². The monoisotopic (exact) mass is 334 g/mol. The van der Waals surface area contributed by atoms with Crippen molar-refractivity contribution in [1.29, 1.82) is 0 Å². The molecule has 0 bridgehead atoms. The number of amides is 2. The summed E-state index contributed by atoms with van der Waals surface area (Å²) in [6.07, 6.45) is 2.08. The molecule has 1 aromatic rings. The van der Waals surface area contributed by atoms with E-state index in [1.807, 2.05) is 18.2 Å². The molecule has 0 spiro atoms. The number of rotatable bonds is 3. The number of benzene rings is 1. The molecule has 1 fully saturated rings. The molecule has 1 N–H and O–H groups in total. The maximum atomic E-state index is 12.4. The van der Waals surface area contributed by atoms with Gasteiger partial charge in [0.1, 0.15) is 6.54 Å². The van der Waals surface area contributed by atoms with Crippen LogP contribution in [-0.4, -0.2) is 50.3 Å². The van der Waals surface area contributed by atoms with Gasteiger partial charge in [-0.05, 0) is 30.5 Å². The highest BCUT2D eigenvalue weighted by Gasteiger charge is 2.30. The third-order valence-corrected chi connectivity index (χ3v) is 4.30. The summed E-state index contributed by atoms with van der Waals surface area (Å²) in [4.78, 5) is 25.3. The topological polar surface area (TPSA) is 77.1 Å². The van der Waals surface area contributed by atoms with Crippen LogP contribution in [0.4, 0.5) is 4.79 Å². The maximum Gasteiger partial charge on any atom is 0.407 e. The molecular formula is C17H22N2O5. The van der Waals surface area contributed by atoms with Crippen molar-refractivity contribution in [2.75, 3.05) is 33.4 Å². The molecule has 7 nitrogen and oxygen atoms in total. The van der Waals surface area contributed by atoms with Gasteiger partial charge in [-0.1, -0.05) is 6.07 Å². The van der Waals surface area contributed by atoms with Crippen molar-refractivity contribution in [3.05, 3.63) is 23.8 Å². The molecule has 24 heavy (non-hydrogen) atoms. The smallest absolute Gasteiger partial charge is 0.407 e. The maximum absolute atomic E-state index is 12.4. The Morgan fingerprint density at radius 3 is 2.83 bits per heavy atom. The minimum atomic E-state index is -0.602. The summed E-state index contributed by atoms with van der Waals surface area (Å²) in [6, 6.07) is 5.85. The molecule has 0 saturated carbocycles. The van der Waals surface area contributed by atoms with Crippen LogP contribution in [0, 0.1) is 0 Å². The van der Waals surface area contributed by atoms with Crippen molar-refractivity contribution in [3.8, 4) is 11.5 Å². The van der Waals surface area contributed by atoms with Crippen LogP contribution < -0.4 is 14.8 Å². The first-order valence-electron chi connectivity index (χ1n) is 8.20. The standard InChI is InChI=1S/C17H22N2O5/c1-22-17(21)18-11-16(20)19-7-2-4-13(19)12-5-6-14-15(10-12)24-9-3-8-23-14/h5-6,10,13H,2-4,7-9,11H2,1H3,(H,18,21)/t13-/m1/s1. The van der Waals surface area contributed by atoms with Crippen molar-refractivity contribution < 1.29 is 23.8 Å². The number of carbonyl (C=O) groups excluding carboxylic acids is 2. The van der Waals surface area contributed by atoms with Crippen LogP contribution >= 0.6 is 0 Å². The van der Waals surface area contributed by atoms with Gasteiger partial charge in [-0.25, -0.2) is 4.79 Å². The van der Waals surface area contributed by atoms with E-state index in [1.165, 1.54) is 7.11 Å². The summed E-state index contributed by atoms with van der Waals surface area (Å²) < 4.78 is 15.9. The average Bonchev–Trinajstić information content (AvgIpc) is 2.98.